The van der Waals surface area contributed by atoms with Crippen molar-refractivity contribution >= 4 is 21.8 Å². The summed E-state index contributed by atoms with van der Waals surface area (Å²) >= 11 is 3.42. The first kappa shape index (κ1) is 16.0. The van der Waals surface area contributed by atoms with E-state index in [-0.39, 0.29) is 12.5 Å². The minimum Gasteiger partial charge on any atom is -0.492 e. The summed E-state index contributed by atoms with van der Waals surface area (Å²) in [5.74, 6) is 2.41. The maximum atomic E-state index is 11.8. The van der Waals surface area contributed by atoms with Gasteiger partial charge in [0, 0.05) is 12.3 Å². The highest BCUT2D eigenvalue weighted by atomic mass is 79.9. The van der Waals surface area contributed by atoms with Gasteiger partial charge >= 0.3 is 0 Å². The lowest BCUT2D eigenvalue weighted by Gasteiger charge is -2.07. The Bertz CT molecular complexity index is 670. The highest BCUT2D eigenvalue weighted by Crippen LogP contribution is 2.38. The molecule has 122 valence electrons. The summed E-state index contributed by atoms with van der Waals surface area (Å²) in [5, 5.41) is 6.69. The van der Waals surface area contributed by atoms with Crippen LogP contribution in [-0.2, 0) is 11.3 Å². The molecule has 0 aliphatic heterocycles. The number of benzene rings is 1. The SMILES string of the molecule is O=C(CCCOc1ccccc1Br)NCc1nc(C2CC2)no1. The fourth-order valence-corrected chi connectivity index (χ4v) is 2.49. The van der Waals surface area contributed by atoms with Crippen molar-refractivity contribution in [2.24, 2.45) is 0 Å². The molecule has 3 rings (SSSR count). The molecule has 1 aliphatic carbocycles. The number of nitrogens with one attached hydrogen (secondary N) is 1. The van der Waals surface area contributed by atoms with E-state index in [4.69, 9.17) is 9.26 Å². The Labute approximate surface area is 142 Å². The normalized spacial score (nSPS) is 13.8. The van der Waals surface area contributed by atoms with Crippen LogP contribution in [0.5, 0.6) is 5.75 Å². The van der Waals surface area contributed by atoms with Gasteiger partial charge in [0.1, 0.15) is 5.75 Å². The van der Waals surface area contributed by atoms with E-state index in [1.54, 1.807) is 0 Å². The topological polar surface area (TPSA) is 77.2 Å². The second kappa shape index (κ2) is 7.59. The molecule has 0 unspecified atom stereocenters. The van der Waals surface area contributed by atoms with Crippen molar-refractivity contribution in [3.8, 4) is 5.75 Å². The third-order valence-electron chi connectivity index (χ3n) is 3.51. The van der Waals surface area contributed by atoms with Crippen molar-refractivity contribution in [2.45, 2.75) is 38.1 Å². The summed E-state index contributed by atoms with van der Waals surface area (Å²) in [6.07, 6.45) is 3.30. The monoisotopic (exact) mass is 379 g/mol. The minimum absolute atomic E-state index is 0.0492. The van der Waals surface area contributed by atoms with E-state index in [9.17, 15) is 4.79 Å². The molecule has 0 atom stereocenters. The van der Waals surface area contributed by atoms with Crippen molar-refractivity contribution in [3.63, 3.8) is 0 Å². The molecule has 1 aliphatic rings. The summed E-state index contributed by atoms with van der Waals surface area (Å²) < 4.78 is 11.6. The Kier molecular flexibility index (Phi) is 5.27. The van der Waals surface area contributed by atoms with Gasteiger partial charge in [-0.3, -0.25) is 4.79 Å². The number of nitrogens with zero attached hydrogens (tertiary/aromatic N) is 2. The fourth-order valence-electron chi connectivity index (χ4n) is 2.09. The first-order valence-corrected chi connectivity index (χ1v) is 8.48. The van der Waals surface area contributed by atoms with Crippen molar-refractivity contribution < 1.29 is 14.1 Å². The Balaban J connectivity index is 1.32. The summed E-state index contributed by atoms with van der Waals surface area (Å²) in [6, 6.07) is 7.64. The standard InChI is InChI=1S/C16H18BrN3O3/c17-12-4-1-2-5-13(12)22-9-3-6-14(21)18-10-15-19-16(20-23-15)11-7-8-11/h1-2,4-5,11H,3,6-10H2,(H,18,21). The molecule has 2 aromatic rings. The zero-order valence-corrected chi connectivity index (χ0v) is 14.2. The molecule has 1 amide bonds. The van der Waals surface area contributed by atoms with E-state index < -0.39 is 0 Å². The second-order valence-corrected chi connectivity index (χ2v) is 6.33. The average molecular weight is 380 g/mol. The zero-order chi connectivity index (χ0) is 16.1. The van der Waals surface area contributed by atoms with Gasteiger partial charge in [0.25, 0.3) is 0 Å². The highest BCUT2D eigenvalue weighted by molar-refractivity contribution is 9.10. The summed E-state index contributed by atoms with van der Waals surface area (Å²) in [7, 11) is 0. The fraction of sp³-hybridized carbons (Fsp3) is 0.438. The van der Waals surface area contributed by atoms with Gasteiger partial charge < -0.3 is 14.6 Å². The quantitative estimate of drug-likeness (QED) is 0.712. The largest absolute Gasteiger partial charge is 0.492 e. The number of hydrogen-bond donors (Lipinski definition) is 1. The third-order valence-corrected chi connectivity index (χ3v) is 4.16. The van der Waals surface area contributed by atoms with Gasteiger partial charge in [0.05, 0.1) is 17.6 Å². The molecule has 1 N–H and O–H groups in total. The number of aromatic nitrogens is 2. The average Bonchev–Trinajstić information content (AvgIpc) is 3.30. The van der Waals surface area contributed by atoms with Gasteiger partial charge in [-0.2, -0.15) is 4.98 Å². The van der Waals surface area contributed by atoms with Crippen LogP contribution < -0.4 is 10.1 Å². The third kappa shape index (κ3) is 4.79. The van der Waals surface area contributed by atoms with Crippen molar-refractivity contribution in [3.05, 3.63) is 40.5 Å². The molecule has 1 fully saturated rings. The lowest BCUT2D eigenvalue weighted by atomic mass is 10.3. The van der Waals surface area contributed by atoms with E-state index in [2.05, 4.69) is 31.4 Å². The smallest absolute Gasteiger partial charge is 0.246 e. The minimum atomic E-state index is -0.0492. The molecule has 0 spiro atoms. The van der Waals surface area contributed by atoms with Crippen LogP contribution in [0.1, 0.15) is 43.3 Å². The Morgan fingerprint density at radius 3 is 3.00 bits per heavy atom. The van der Waals surface area contributed by atoms with E-state index in [0.29, 0.717) is 31.3 Å². The Morgan fingerprint density at radius 1 is 1.39 bits per heavy atom. The summed E-state index contributed by atoms with van der Waals surface area (Å²) in [6.45, 7) is 0.770. The molecule has 23 heavy (non-hydrogen) atoms. The number of amides is 1. The maximum Gasteiger partial charge on any atom is 0.246 e. The Hall–Kier alpha value is -1.89. The number of ether oxygens (including phenoxy) is 1. The van der Waals surface area contributed by atoms with Gasteiger partial charge in [-0.1, -0.05) is 17.3 Å². The summed E-state index contributed by atoms with van der Waals surface area (Å²) in [4.78, 5) is 16.0. The molecule has 1 aromatic heterocycles. The van der Waals surface area contributed by atoms with Crippen molar-refractivity contribution in [1.82, 2.24) is 15.5 Å². The van der Waals surface area contributed by atoms with Crippen LogP contribution in [0.4, 0.5) is 0 Å². The maximum absolute atomic E-state index is 11.8. The molecule has 1 heterocycles. The molecular weight excluding hydrogens is 362 g/mol. The van der Waals surface area contributed by atoms with E-state index in [1.807, 2.05) is 24.3 Å². The van der Waals surface area contributed by atoms with Crippen LogP contribution in [0, 0.1) is 0 Å². The number of halogens is 1. The zero-order valence-electron chi connectivity index (χ0n) is 12.6. The van der Waals surface area contributed by atoms with Gasteiger partial charge in [-0.05, 0) is 47.3 Å². The van der Waals surface area contributed by atoms with E-state index in [0.717, 1.165) is 28.9 Å². The lowest BCUT2D eigenvalue weighted by molar-refractivity contribution is -0.121. The van der Waals surface area contributed by atoms with Gasteiger partial charge in [0.2, 0.25) is 11.8 Å². The second-order valence-electron chi connectivity index (χ2n) is 5.48. The predicted octanol–water partition coefficient (Wildman–Crippen LogP) is 3.18. The molecule has 7 heteroatoms. The van der Waals surface area contributed by atoms with Crippen LogP contribution in [-0.4, -0.2) is 22.7 Å². The molecule has 0 bridgehead atoms. The number of para-hydroxylation sites is 1. The van der Waals surface area contributed by atoms with Crippen LogP contribution in [0.15, 0.2) is 33.3 Å². The molecular formula is C16H18BrN3O3. The predicted molar refractivity (Wildman–Crippen MR) is 87.0 cm³/mol. The Morgan fingerprint density at radius 2 is 2.22 bits per heavy atom. The van der Waals surface area contributed by atoms with Crippen LogP contribution in [0.3, 0.4) is 0 Å². The number of rotatable bonds is 8. The van der Waals surface area contributed by atoms with Gasteiger partial charge in [0.15, 0.2) is 5.82 Å². The van der Waals surface area contributed by atoms with E-state index in [1.165, 1.54) is 0 Å². The molecule has 6 nitrogen and oxygen atoms in total. The molecule has 1 saturated carbocycles. The van der Waals surface area contributed by atoms with E-state index >= 15 is 0 Å². The first-order valence-electron chi connectivity index (χ1n) is 7.69. The van der Waals surface area contributed by atoms with Gasteiger partial charge in [-0.25, -0.2) is 0 Å². The highest BCUT2D eigenvalue weighted by Gasteiger charge is 2.28. The number of carbonyl (C=O) groups is 1. The summed E-state index contributed by atoms with van der Waals surface area (Å²) in [5.41, 5.74) is 0. The molecule has 0 radical (unpaired) electrons. The first-order chi connectivity index (χ1) is 11.2. The lowest BCUT2D eigenvalue weighted by Crippen LogP contribution is -2.23. The molecule has 1 aromatic carbocycles. The number of carbonyl (C=O) groups excluding carboxylic acids is 1. The number of hydrogen-bond acceptors (Lipinski definition) is 5. The molecule has 0 saturated heterocycles. The van der Waals surface area contributed by atoms with Crippen LogP contribution in [0.25, 0.3) is 0 Å². The van der Waals surface area contributed by atoms with Crippen LogP contribution in [0.2, 0.25) is 0 Å². The van der Waals surface area contributed by atoms with Gasteiger partial charge in [-0.15, -0.1) is 0 Å². The van der Waals surface area contributed by atoms with Crippen LogP contribution >= 0.6 is 15.9 Å². The van der Waals surface area contributed by atoms with Crippen molar-refractivity contribution in [1.29, 1.82) is 0 Å². The van der Waals surface area contributed by atoms with Crippen molar-refractivity contribution in [2.75, 3.05) is 6.61 Å².